The topological polar surface area (TPSA) is 12.0 Å². The highest BCUT2D eigenvalue weighted by Crippen LogP contribution is 2.10. The van der Waals surface area contributed by atoms with Gasteiger partial charge in [-0.15, -0.1) is 12.3 Å². The number of piperidine rings is 1. The van der Waals surface area contributed by atoms with Gasteiger partial charge >= 0.3 is 0 Å². The summed E-state index contributed by atoms with van der Waals surface area (Å²) in [5.41, 5.74) is 0. The molecule has 1 unspecified atom stereocenters. The van der Waals surface area contributed by atoms with Crippen LogP contribution < -0.4 is 5.32 Å². The molecule has 1 fully saturated rings. The Balaban J connectivity index is 2.25. The molecule has 1 heteroatoms. The minimum absolute atomic E-state index is 0.497. The summed E-state index contributed by atoms with van der Waals surface area (Å²) in [7, 11) is 0. The molecular weight excluding hydrogens is 98.1 g/mol. The third-order valence-electron chi connectivity index (χ3n) is 1.42. The van der Waals surface area contributed by atoms with Crippen LogP contribution in [-0.4, -0.2) is 6.54 Å². The molecule has 8 heavy (non-hydrogen) atoms. The molecular formula is C7H10N. The third-order valence-corrected chi connectivity index (χ3v) is 1.42. The second kappa shape index (κ2) is 2.74. The maximum absolute atomic E-state index is 5.21. The van der Waals surface area contributed by atoms with E-state index in [2.05, 4.69) is 11.2 Å². The molecule has 1 atom stereocenters. The lowest BCUT2D eigenvalue weighted by Gasteiger charge is -2.16. The Hall–Kier alpha value is -0.480. The Bertz CT molecular complexity index is 95.4. The Morgan fingerprint density at radius 3 is 3.00 bits per heavy atom. The van der Waals surface area contributed by atoms with Crippen molar-refractivity contribution in [3.8, 4) is 12.3 Å². The summed E-state index contributed by atoms with van der Waals surface area (Å²) in [6.45, 7) is 3.10. The van der Waals surface area contributed by atoms with Gasteiger partial charge in [-0.05, 0) is 19.4 Å². The van der Waals surface area contributed by atoms with Crippen LogP contribution in [-0.2, 0) is 0 Å². The second-order valence-corrected chi connectivity index (χ2v) is 2.05. The summed E-state index contributed by atoms with van der Waals surface area (Å²) < 4.78 is 0. The molecule has 1 rings (SSSR count). The van der Waals surface area contributed by atoms with Gasteiger partial charge in [-0.25, -0.2) is 0 Å². The lowest BCUT2D eigenvalue weighted by molar-refractivity contribution is 0.497. The van der Waals surface area contributed by atoms with Crippen molar-refractivity contribution in [2.45, 2.75) is 12.8 Å². The van der Waals surface area contributed by atoms with Crippen molar-refractivity contribution in [2.24, 2.45) is 5.92 Å². The van der Waals surface area contributed by atoms with E-state index in [1.54, 1.807) is 0 Å². The maximum atomic E-state index is 5.21. The molecule has 1 saturated heterocycles. The van der Waals surface area contributed by atoms with Gasteiger partial charge in [-0.1, -0.05) is 0 Å². The van der Waals surface area contributed by atoms with Gasteiger partial charge in [0.15, 0.2) is 0 Å². The number of hydrogen-bond donors (Lipinski definition) is 1. The quantitative estimate of drug-likeness (QED) is 0.452. The van der Waals surface area contributed by atoms with E-state index in [1.165, 1.54) is 0 Å². The Morgan fingerprint density at radius 1 is 1.75 bits per heavy atom. The zero-order valence-corrected chi connectivity index (χ0v) is 4.85. The third kappa shape index (κ3) is 1.24. The maximum Gasteiger partial charge on any atom is 0.0233 e. The SMILES string of the molecule is C#CC1C[CH]NCC1. The molecule has 1 N–H and O–H groups in total. The van der Waals surface area contributed by atoms with Crippen molar-refractivity contribution in [1.29, 1.82) is 0 Å². The van der Waals surface area contributed by atoms with E-state index in [0.29, 0.717) is 5.92 Å². The lowest BCUT2D eigenvalue weighted by Crippen LogP contribution is -2.22. The van der Waals surface area contributed by atoms with Gasteiger partial charge in [0.2, 0.25) is 0 Å². The van der Waals surface area contributed by atoms with E-state index >= 15 is 0 Å². The summed E-state index contributed by atoms with van der Waals surface area (Å²) >= 11 is 0. The summed E-state index contributed by atoms with van der Waals surface area (Å²) in [6.07, 6.45) is 7.38. The van der Waals surface area contributed by atoms with E-state index in [4.69, 9.17) is 6.42 Å². The first-order valence-electron chi connectivity index (χ1n) is 2.94. The van der Waals surface area contributed by atoms with E-state index < -0.39 is 0 Å². The first-order valence-corrected chi connectivity index (χ1v) is 2.94. The van der Waals surface area contributed by atoms with Crippen molar-refractivity contribution in [1.82, 2.24) is 5.32 Å². The van der Waals surface area contributed by atoms with Crippen LogP contribution in [0.25, 0.3) is 0 Å². The van der Waals surface area contributed by atoms with Crippen molar-refractivity contribution < 1.29 is 0 Å². The average Bonchev–Trinajstić information content (AvgIpc) is 1.90. The minimum Gasteiger partial charge on any atom is -0.312 e. The molecule has 0 aromatic heterocycles. The van der Waals surface area contributed by atoms with E-state index in [-0.39, 0.29) is 0 Å². The van der Waals surface area contributed by atoms with Crippen LogP contribution in [0.5, 0.6) is 0 Å². The predicted octanol–water partition coefficient (Wildman–Crippen LogP) is 0.781. The molecule has 0 amide bonds. The first-order chi connectivity index (χ1) is 3.93. The molecule has 43 valence electrons. The van der Waals surface area contributed by atoms with Gasteiger partial charge in [0.05, 0.1) is 0 Å². The van der Waals surface area contributed by atoms with Crippen LogP contribution in [0.15, 0.2) is 0 Å². The zero-order chi connectivity index (χ0) is 5.82. The molecule has 1 heterocycles. The monoisotopic (exact) mass is 108 g/mol. The van der Waals surface area contributed by atoms with Crippen LogP contribution in [0.1, 0.15) is 12.8 Å². The lowest BCUT2D eigenvalue weighted by atomic mass is 10.00. The highest BCUT2D eigenvalue weighted by Gasteiger charge is 2.08. The van der Waals surface area contributed by atoms with Gasteiger partial charge in [-0.2, -0.15) is 0 Å². The predicted molar refractivity (Wildman–Crippen MR) is 33.9 cm³/mol. The fraction of sp³-hybridized carbons (Fsp3) is 0.571. The fourth-order valence-corrected chi connectivity index (χ4v) is 0.854. The van der Waals surface area contributed by atoms with Crippen molar-refractivity contribution in [3.05, 3.63) is 6.54 Å². The van der Waals surface area contributed by atoms with Gasteiger partial charge in [-0.3, -0.25) is 0 Å². The van der Waals surface area contributed by atoms with Crippen LogP contribution in [0.4, 0.5) is 0 Å². The molecule has 1 aliphatic heterocycles. The van der Waals surface area contributed by atoms with Crippen LogP contribution in [0, 0.1) is 24.8 Å². The van der Waals surface area contributed by atoms with Crippen LogP contribution >= 0.6 is 0 Å². The average molecular weight is 108 g/mol. The zero-order valence-electron chi connectivity index (χ0n) is 4.85. The van der Waals surface area contributed by atoms with Crippen molar-refractivity contribution in [2.75, 3.05) is 6.54 Å². The Labute approximate surface area is 50.5 Å². The number of nitrogens with one attached hydrogen (secondary N) is 1. The minimum atomic E-state index is 0.497. The normalized spacial score (nSPS) is 22.4. The second-order valence-electron chi connectivity index (χ2n) is 2.05. The van der Waals surface area contributed by atoms with Gasteiger partial charge in [0, 0.05) is 12.5 Å². The smallest absolute Gasteiger partial charge is 0.0233 e. The molecule has 0 aromatic carbocycles. The van der Waals surface area contributed by atoms with Crippen molar-refractivity contribution >= 4 is 0 Å². The largest absolute Gasteiger partial charge is 0.312 e. The first kappa shape index (κ1) is 5.65. The van der Waals surface area contributed by atoms with Crippen LogP contribution in [0.2, 0.25) is 0 Å². The molecule has 0 spiro atoms. The number of rotatable bonds is 0. The summed E-state index contributed by atoms with van der Waals surface area (Å²) in [5, 5.41) is 3.13. The molecule has 0 aromatic rings. The summed E-state index contributed by atoms with van der Waals surface area (Å²) in [6, 6.07) is 0. The van der Waals surface area contributed by atoms with E-state index in [9.17, 15) is 0 Å². The summed E-state index contributed by atoms with van der Waals surface area (Å²) in [5.74, 6) is 3.23. The fourth-order valence-electron chi connectivity index (χ4n) is 0.854. The molecule has 0 bridgehead atoms. The van der Waals surface area contributed by atoms with Gasteiger partial charge in [0.1, 0.15) is 0 Å². The van der Waals surface area contributed by atoms with E-state index in [0.717, 1.165) is 19.4 Å². The number of terminal acetylenes is 1. The van der Waals surface area contributed by atoms with Gasteiger partial charge in [0.25, 0.3) is 0 Å². The molecule has 1 radical (unpaired) electrons. The standard InChI is InChI=1S/C7H10N/c1-2-7-3-5-8-6-4-7/h1,5,7-8H,3-4,6H2. The van der Waals surface area contributed by atoms with E-state index in [1.807, 2.05) is 6.54 Å². The number of hydrogen-bond acceptors (Lipinski definition) is 1. The highest BCUT2D eigenvalue weighted by molar-refractivity contribution is 4.97. The van der Waals surface area contributed by atoms with Crippen molar-refractivity contribution in [3.63, 3.8) is 0 Å². The Morgan fingerprint density at radius 2 is 2.62 bits per heavy atom. The Kier molecular flexibility index (Phi) is 1.93. The molecule has 1 nitrogen and oxygen atoms in total. The van der Waals surface area contributed by atoms with Crippen LogP contribution in [0.3, 0.4) is 0 Å². The molecule has 1 aliphatic rings. The summed E-state index contributed by atoms with van der Waals surface area (Å²) in [4.78, 5) is 0. The van der Waals surface area contributed by atoms with Gasteiger partial charge < -0.3 is 5.32 Å². The molecule has 0 aliphatic carbocycles. The highest BCUT2D eigenvalue weighted by atomic mass is 14.9. The molecule has 0 saturated carbocycles.